The van der Waals surface area contributed by atoms with E-state index in [-0.39, 0.29) is 11.4 Å². The van der Waals surface area contributed by atoms with Gasteiger partial charge in [-0.3, -0.25) is 4.31 Å². The first-order valence-corrected chi connectivity index (χ1v) is 10.2. The van der Waals surface area contributed by atoms with Crippen molar-refractivity contribution in [3.05, 3.63) is 88.9 Å². The van der Waals surface area contributed by atoms with Gasteiger partial charge in [-0.1, -0.05) is 46.3 Å². The smallest absolute Gasteiger partial charge is 0.264 e. The van der Waals surface area contributed by atoms with E-state index in [2.05, 4.69) is 15.9 Å². The number of anilines is 1. The maximum atomic E-state index is 13.3. The van der Waals surface area contributed by atoms with E-state index in [0.717, 1.165) is 10.0 Å². The Morgan fingerprint density at radius 3 is 2.08 bits per heavy atom. The van der Waals surface area contributed by atoms with Crippen LogP contribution in [-0.4, -0.2) is 15.5 Å². The van der Waals surface area contributed by atoms with E-state index in [9.17, 15) is 8.42 Å². The average molecular weight is 432 g/mol. The van der Waals surface area contributed by atoms with Gasteiger partial charge in [-0.15, -0.1) is 0 Å². The predicted molar refractivity (Wildman–Crippen MR) is 107 cm³/mol. The molecule has 0 bridgehead atoms. The summed E-state index contributed by atoms with van der Waals surface area (Å²) in [4.78, 5) is 0.220. The maximum absolute atomic E-state index is 13.3. The van der Waals surface area contributed by atoms with Crippen molar-refractivity contribution in [3.8, 4) is 5.75 Å². The van der Waals surface area contributed by atoms with Crippen molar-refractivity contribution in [2.24, 2.45) is 0 Å². The van der Waals surface area contributed by atoms with E-state index in [1.807, 2.05) is 42.5 Å². The van der Waals surface area contributed by atoms with Crippen LogP contribution in [-0.2, 0) is 16.6 Å². The lowest BCUT2D eigenvalue weighted by atomic mass is 10.2. The van der Waals surface area contributed by atoms with Crippen molar-refractivity contribution in [1.82, 2.24) is 0 Å². The van der Waals surface area contributed by atoms with E-state index >= 15 is 0 Å². The number of sulfonamides is 1. The quantitative estimate of drug-likeness (QED) is 0.559. The number of ether oxygens (including phenoxy) is 1. The summed E-state index contributed by atoms with van der Waals surface area (Å²) >= 11 is 3.39. The van der Waals surface area contributed by atoms with E-state index in [0.29, 0.717) is 11.4 Å². The lowest BCUT2D eigenvalue weighted by Crippen LogP contribution is -2.30. The zero-order valence-electron chi connectivity index (χ0n) is 14.2. The molecule has 0 N–H and O–H groups in total. The highest BCUT2D eigenvalue weighted by atomic mass is 79.9. The molecule has 26 heavy (non-hydrogen) atoms. The highest BCUT2D eigenvalue weighted by molar-refractivity contribution is 9.10. The molecule has 0 aromatic heterocycles. The molecule has 0 fully saturated rings. The Morgan fingerprint density at radius 1 is 0.885 bits per heavy atom. The summed E-state index contributed by atoms with van der Waals surface area (Å²) in [5.41, 5.74) is 1.51. The van der Waals surface area contributed by atoms with Gasteiger partial charge in [0.25, 0.3) is 10.0 Å². The fourth-order valence-corrected chi connectivity index (χ4v) is 4.26. The van der Waals surface area contributed by atoms with Crippen LogP contribution in [0.4, 0.5) is 5.69 Å². The average Bonchev–Trinajstić information content (AvgIpc) is 2.68. The van der Waals surface area contributed by atoms with Gasteiger partial charge in [-0.2, -0.15) is 0 Å². The van der Waals surface area contributed by atoms with Crippen molar-refractivity contribution in [2.45, 2.75) is 11.4 Å². The third-order valence-electron chi connectivity index (χ3n) is 3.93. The second-order valence-corrected chi connectivity index (χ2v) is 8.43. The molecule has 3 rings (SSSR count). The fourth-order valence-electron chi connectivity index (χ4n) is 2.55. The zero-order chi connectivity index (χ0) is 18.6. The monoisotopic (exact) mass is 431 g/mol. The number of rotatable bonds is 6. The Kier molecular flexibility index (Phi) is 5.64. The standard InChI is InChI=1S/C20H18BrNO3S/c1-25-19-11-13-20(14-12-19)26(23,24)22(15-16-5-3-2-4-6-16)18-9-7-17(21)8-10-18/h2-14H,15H2,1H3. The maximum Gasteiger partial charge on any atom is 0.264 e. The summed E-state index contributed by atoms with van der Waals surface area (Å²) in [6, 6.07) is 23.2. The van der Waals surface area contributed by atoms with Gasteiger partial charge in [0.05, 0.1) is 24.2 Å². The summed E-state index contributed by atoms with van der Waals surface area (Å²) in [6.45, 7) is 0.247. The SMILES string of the molecule is COc1ccc(S(=O)(=O)N(Cc2ccccc2)c2ccc(Br)cc2)cc1. The van der Waals surface area contributed by atoms with Gasteiger partial charge >= 0.3 is 0 Å². The van der Waals surface area contributed by atoms with E-state index < -0.39 is 10.0 Å². The number of halogens is 1. The van der Waals surface area contributed by atoms with Crippen LogP contribution in [0.2, 0.25) is 0 Å². The highest BCUT2D eigenvalue weighted by Crippen LogP contribution is 2.28. The van der Waals surface area contributed by atoms with Crippen LogP contribution in [0.5, 0.6) is 5.75 Å². The molecule has 0 aliphatic carbocycles. The van der Waals surface area contributed by atoms with Crippen LogP contribution in [0, 0.1) is 0 Å². The van der Waals surface area contributed by atoms with Crippen LogP contribution in [0.1, 0.15) is 5.56 Å². The molecular weight excluding hydrogens is 414 g/mol. The van der Waals surface area contributed by atoms with Crippen molar-refractivity contribution < 1.29 is 13.2 Å². The summed E-state index contributed by atoms with van der Waals surface area (Å²) in [5.74, 6) is 0.613. The molecular formula is C20H18BrNO3S. The van der Waals surface area contributed by atoms with Gasteiger partial charge in [-0.25, -0.2) is 8.42 Å². The van der Waals surface area contributed by atoms with Crippen molar-refractivity contribution in [1.29, 1.82) is 0 Å². The van der Waals surface area contributed by atoms with Gasteiger partial charge in [0.15, 0.2) is 0 Å². The number of benzene rings is 3. The molecule has 4 nitrogen and oxygen atoms in total. The van der Waals surface area contributed by atoms with Crippen LogP contribution >= 0.6 is 15.9 Å². The summed E-state index contributed by atoms with van der Waals surface area (Å²) in [5, 5.41) is 0. The van der Waals surface area contributed by atoms with Crippen LogP contribution in [0.3, 0.4) is 0 Å². The van der Waals surface area contributed by atoms with E-state index in [4.69, 9.17) is 4.74 Å². The Hall–Kier alpha value is -2.31. The summed E-state index contributed by atoms with van der Waals surface area (Å²) in [6.07, 6.45) is 0. The molecule has 0 unspecified atom stereocenters. The van der Waals surface area contributed by atoms with Crippen molar-refractivity contribution in [2.75, 3.05) is 11.4 Å². The lowest BCUT2D eigenvalue weighted by molar-refractivity contribution is 0.414. The van der Waals surface area contributed by atoms with Gasteiger partial charge in [0.1, 0.15) is 5.75 Å². The van der Waals surface area contributed by atoms with Crippen molar-refractivity contribution >= 4 is 31.6 Å². The van der Waals surface area contributed by atoms with Crippen LogP contribution in [0.15, 0.2) is 88.2 Å². The molecule has 0 atom stereocenters. The highest BCUT2D eigenvalue weighted by Gasteiger charge is 2.25. The van der Waals surface area contributed by atoms with E-state index in [1.165, 1.54) is 4.31 Å². The first kappa shape index (κ1) is 18.5. The largest absolute Gasteiger partial charge is 0.497 e. The van der Waals surface area contributed by atoms with Crippen LogP contribution < -0.4 is 9.04 Å². The van der Waals surface area contributed by atoms with Gasteiger partial charge in [0.2, 0.25) is 0 Å². The molecule has 0 radical (unpaired) electrons. The van der Waals surface area contributed by atoms with E-state index in [1.54, 1.807) is 43.5 Å². The Bertz CT molecular complexity index is 956. The fraction of sp³-hybridized carbons (Fsp3) is 0.100. The third kappa shape index (κ3) is 4.08. The molecule has 3 aromatic rings. The summed E-state index contributed by atoms with van der Waals surface area (Å²) in [7, 11) is -2.18. The summed E-state index contributed by atoms with van der Waals surface area (Å²) < 4.78 is 34.0. The molecule has 0 saturated heterocycles. The minimum atomic E-state index is -3.73. The first-order chi connectivity index (χ1) is 12.5. The molecule has 134 valence electrons. The molecule has 0 amide bonds. The van der Waals surface area contributed by atoms with Gasteiger partial charge < -0.3 is 4.74 Å². The number of nitrogens with zero attached hydrogens (tertiary/aromatic N) is 1. The second kappa shape index (κ2) is 7.93. The van der Waals surface area contributed by atoms with Crippen molar-refractivity contribution in [3.63, 3.8) is 0 Å². The normalized spacial score (nSPS) is 11.2. The number of methoxy groups -OCH3 is 1. The van der Waals surface area contributed by atoms with Crippen LogP contribution in [0.25, 0.3) is 0 Å². The molecule has 0 spiro atoms. The number of hydrogen-bond acceptors (Lipinski definition) is 3. The molecule has 0 aliphatic rings. The lowest BCUT2D eigenvalue weighted by Gasteiger charge is -2.25. The minimum Gasteiger partial charge on any atom is -0.497 e. The molecule has 0 aliphatic heterocycles. The molecule has 0 heterocycles. The molecule has 3 aromatic carbocycles. The zero-order valence-corrected chi connectivity index (χ0v) is 16.6. The minimum absolute atomic E-state index is 0.220. The molecule has 6 heteroatoms. The van der Waals surface area contributed by atoms with Gasteiger partial charge in [-0.05, 0) is 54.1 Å². The Labute approximate surface area is 162 Å². The van der Waals surface area contributed by atoms with Gasteiger partial charge in [0, 0.05) is 4.47 Å². The molecule has 0 saturated carbocycles. The second-order valence-electron chi connectivity index (χ2n) is 5.65. The Morgan fingerprint density at radius 2 is 1.50 bits per heavy atom. The third-order valence-corrected chi connectivity index (χ3v) is 6.25. The topological polar surface area (TPSA) is 46.6 Å². The predicted octanol–water partition coefficient (Wildman–Crippen LogP) is 4.85. The Balaban J connectivity index is 2.04. The number of hydrogen-bond donors (Lipinski definition) is 0. The first-order valence-electron chi connectivity index (χ1n) is 7.97.